The van der Waals surface area contributed by atoms with Gasteiger partial charge in [-0.05, 0) is 23.8 Å². The highest BCUT2D eigenvalue weighted by atomic mass is 35.5. The van der Waals surface area contributed by atoms with Crippen LogP contribution in [0.15, 0.2) is 48.5 Å². The summed E-state index contributed by atoms with van der Waals surface area (Å²) in [5.74, 6) is -0.708. The minimum atomic E-state index is -3.53. The first-order valence-corrected chi connectivity index (χ1v) is 10.1. The number of carbonyl (C=O) groups excluding carboxylic acids is 1. The molecule has 2 aromatic rings. The van der Waals surface area contributed by atoms with E-state index in [0.717, 1.165) is 6.26 Å². The van der Waals surface area contributed by atoms with Crippen molar-refractivity contribution in [3.05, 3.63) is 70.5 Å². The van der Waals surface area contributed by atoms with Crippen molar-refractivity contribution in [3.63, 3.8) is 0 Å². The molecule has 26 heavy (non-hydrogen) atoms. The average Bonchev–Trinajstić information content (AvgIpc) is 2.55. The fourth-order valence-corrected chi connectivity index (χ4v) is 3.34. The maximum absolute atomic E-state index is 13.8. The molecule has 0 radical (unpaired) electrons. The van der Waals surface area contributed by atoms with E-state index in [4.69, 9.17) is 11.6 Å². The second-order valence-corrected chi connectivity index (χ2v) is 8.26. The van der Waals surface area contributed by atoms with Crippen molar-refractivity contribution in [1.29, 1.82) is 0 Å². The molecule has 140 valence electrons. The number of hydrogen-bond donors (Lipinski definition) is 1. The molecule has 0 fully saturated rings. The summed E-state index contributed by atoms with van der Waals surface area (Å²) in [6.07, 6.45) is 0.934. The van der Waals surface area contributed by atoms with Crippen LogP contribution < -0.4 is 4.72 Å². The maximum atomic E-state index is 13.8. The van der Waals surface area contributed by atoms with Crippen LogP contribution in [0.2, 0.25) is 5.02 Å². The smallest absolute Gasteiger partial charge is 0.224 e. The van der Waals surface area contributed by atoms with Gasteiger partial charge in [0.15, 0.2) is 0 Å². The molecule has 0 heterocycles. The number of rotatable bonds is 7. The molecule has 2 aromatic carbocycles. The zero-order valence-electron chi connectivity index (χ0n) is 14.4. The monoisotopic (exact) mass is 398 g/mol. The van der Waals surface area contributed by atoms with E-state index in [1.165, 1.54) is 11.0 Å². The van der Waals surface area contributed by atoms with Crippen molar-refractivity contribution < 1.29 is 17.6 Å². The number of halogens is 2. The van der Waals surface area contributed by atoms with Gasteiger partial charge in [-0.15, -0.1) is 0 Å². The van der Waals surface area contributed by atoms with Crippen molar-refractivity contribution in [2.24, 2.45) is 0 Å². The Balaban J connectivity index is 2.14. The predicted octanol–water partition coefficient (Wildman–Crippen LogP) is 3.12. The van der Waals surface area contributed by atoms with E-state index in [1.54, 1.807) is 49.5 Å². The van der Waals surface area contributed by atoms with Gasteiger partial charge in [-0.2, -0.15) is 0 Å². The molecule has 0 saturated carbocycles. The lowest BCUT2D eigenvalue weighted by Crippen LogP contribution is -2.34. The molecular formula is C18H20ClFN2O3S. The van der Waals surface area contributed by atoms with Gasteiger partial charge < -0.3 is 4.90 Å². The molecule has 1 N–H and O–H groups in total. The number of nitrogens with one attached hydrogen (secondary N) is 1. The summed E-state index contributed by atoms with van der Waals surface area (Å²) in [4.78, 5) is 13.9. The van der Waals surface area contributed by atoms with Crippen LogP contribution >= 0.6 is 11.6 Å². The molecule has 0 saturated heterocycles. The molecule has 2 rings (SSSR count). The Kier molecular flexibility index (Phi) is 6.75. The predicted molar refractivity (Wildman–Crippen MR) is 99.7 cm³/mol. The molecular weight excluding hydrogens is 379 g/mol. The Bertz CT molecular complexity index is 872. The standard InChI is InChI=1S/C18H20ClFN2O3S/c1-22(12-14-5-3-4-6-16(14)20)18(23)11-17(21-26(2,24)25)13-7-9-15(19)10-8-13/h3-10,17,21H,11-12H2,1-2H3/t17-/m1/s1. The van der Waals surface area contributed by atoms with E-state index in [0.29, 0.717) is 16.1 Å². The SMILES string of the molecule is CN(Cc1ccccc1F)C(=O)C[C@@H](NS(C)(=O)=O)c1ccc(Cl)cc1. The molecule has 0 bridgehead atoms. The van der Waals surface area contributed by atoms with Crippen LogP contribution in [0.25, 0.3) is 0 Å². The van der Waals surface area contributed by atoms with E-state index < -0.39 is 21.9 Å². The van der Waals surface area contributed by atoms with Gasteiger partial charge in [-0.1, -0.05) is 41.9 Å². The second-order valence-electron chi connectivity index (χ2n) is 6.04. The lowest BCUT2D eigenvalue weighted by molar-refractivity contribution is -0.130. The molecule has 5 nitrogen and oxygen atoms in total. The van der Waals surface area contributed by atoms with Gasteiger partial charge in [0.1, 0.15) is 5.82 Å². The Morgan fingerprint density at radius 1 is 1.19 bits per heavy atom. The highest BCUT2D eigenvalue weighted by molar-refractivity contribution is 7.88. The van der Waals surface area contributed by atoms with E-state index in [-0.39, 0.29) is 18.9 Å². The number of amides is 1. The molecule has 0 aliphatic rings. The average molecular weight is 399 g/mol. The Morgan fingerprint density at radius 2 is 1.81 bits per heavy atom. The molecule has 8 heteroatoms. The van der Waals surface area contributed by atoms with Gasteiger partial charge in [0.05, 0.1) is 12.3 Å². The van der Waals surface area contributed by atoms with Crippen LogP contribution in [0, 0.1) is 5.82 Å². The third-order valence-electron chi connectivity index (χ3n) is 3.80. The summed E-state index contributed by atoms with van der Waals surface area (Å²) in [6, 6.07) is 12.0. The Morgan fingerprint density at radius 3 is 2.38 bits per heavy atom. The van der Waals surface area contributed by atoms with Gasteiger partial charge in [-0.3, -0.25) is 4.79 Å². The first-order valence-electron chi connectivity index (χ1n) is 7.86. The topological polar surface area (TPSA) is 66.5 Å². The van der Waals surface area contributed by atoms with Crippen LogP contribution in [0.3, 0.4) is 0 Å². The lowest BCUT2D eigenvalue weighted by atomic mass is 10.0. The van der Waals surface area contributed by atoms with Crippen LogP contribution in [0.1, 0.15) is 23.6 Å². The molecule has 0 aromatic heterocycles. The van der Waals surface area contributed by atoms with Gasteiger partial charge in [0.2, 0.25) is 15.9 Å². The Hall–Kier alpha value is -1.96. The van der Waals surface area contributed by atoms with Crippen molar-refractivity contribution >= 4 is 27.5 Å². The van der Waals surface area contributed by atoms with Crippen LogP contribution in [-0.2, 0) is 21.4 Å². The number of nitrogens with zero attached hydrogens (tertiary/aromatic N) is 1. The molecule has 0 unspecified atom stereocenters. The van der Waals surface area contributed by atoms with Crippen molar-refractivity contribution in [2.75, 3.05) is 13.3 Å². The number of sulfonamides is 1. The van der Waals surface area contributed by atoms with Crippen LogP contribution in [0.4, 0.5) is 4.39 Å². The maximum Gasteiger partial charge on any atom is 0.224 e. The molecule has 0 aliphatic heterocycles. The first-order chi connectivity index (χ1) is 12.2. The summed E-state index contributed by atoms with van der Waals surface area (Å²) >= 11 is 5.86. The van der Waals surface area contributed by atoms with E-state index in [1.807, 2.05) is 0 Å². The minimum Gasteiger partial charge on any atom is -0.341 e. The first kappa shape index (κ1) is 20.4. The largest absolute Gasteiger partial charge is 0.341 e. The number of hydrogen-bond acceptors (Lipinski definition) is 3. The van der Waals surface area contributed by atoms with E-state index in [9.17, 15) is 17.6 Å². The van der Waals surface area contributed by atoms with Crippen molar-refractivity contribution in [3.8, 4) is 0 Å². The fraction of sp³-hybridized carbons (Fsp3) is 0.278. The molecule has 0 spiro atoms. The molecule has 1 atom stereocenters. The van der Waals surface area contributed by atoms with Gasteiger partial charge in [0, 0.05) is 30.6 Å². The summed E-state index contributed by atoms with van der Waals surface area (Å²) < 4.78 is 39.5. The zero-order valence-corrected chi connectivity index (χ0v) is 16.0. The normalized spacial score (nSPS) is 12.6. The highest BCUT2D eigenvalue weighted by Gasteiger charge is 2.22. The van der Waals surface area contributed by atoms with E-state index >= 15 is 0 Å². The highest BCUT2D eigenvalue weighted by Crippen LogP contribution is 2.21. The summed E-state index contributed by atoms with van der Waals surface area (Å²) in [5, 5.41) is 0.509. The van der Waals surface area contributed by atoms with Gasteiger partial charge in [0.25, 0.3) is 0 Å². The van der Waals surface area contributed by atoms with Gasteiger partial charge in [-0.25, -0.2) is 17.5 Å². The third kappa shape index (κ3) is 6.09. The van der Waals surface area contributed by atoms with Gasteiger partial charge >= 0.3 is 0 Å². The second kappa shape index (κ2) is 8.62. The van der Waals surface area contributed by atoms with Crippen molar-refractivity contribution in [2.45, 2.75) is 19.0 Å². The van der Waals surface area contributed by atoms with Crippen LogP contribution in [0.5, 0.6) is 0 Å². The number of carbonyl (C=O) groups is 1. The summed E-state index contributed by atoms with van der Waals surface area (Å²) in [6.45, 7) is 0.0950. The summed E-state index contributed by atoms with van der Waals surface area (Å²) in [7, 11) is -1.98. The third-order valence-corrected chi connectivity index (χ3v) is 4.76. The molecule has 1 amide bonds. The minimum absolute atomic E-state index is 0.0950. The Labute approximate surface area is 157 Å². The number of benzene rings is 2. The zero-order chi connectivity index (χ0) is 19.3. The lowest BCUT2D eigenvalue weighted by Gasteiger charge is -2.22. The quantitative estimate of drug-likeness (QED) is 0.779. The summed E-state index contributed by atoms with van der Waals surface area (Å²) in [5.41, 5.74) is 1.01. The van der Waals surface area contributed by atoms with E-state index in [2.05, 4.69) is 4.72 Å². The fourth-order valence-electron chi connectivity index (χ4n) is 2.48. The van der Waals surface area contributed by atoms with Crippen LogP contribution in [-0.4, -0.2) is 32.5 Å². The molecule has 0 aliphatic carbocycles. The van der Waals surface area contributed by atoms with Crippen molar-refractivity contribution in [1.82, 2.24) is 9.62 Å².